The molecule has 1 saturated heterocycles. The van der Waals surface area contributed by atoms with Gasteiger partial charge in [0.05, 0.1) is 5.71 Å². The van der Waals surface area contributed by atoms with Crippen molar-refractivity contribution >= 4 is 5.71 Å². The number of nitrogens with one attached hydrogen (secondary N) is 1. The van der Waals surface area contributed by atoms with Crippen LogP contribution in [0.4, 0.5) is 0 Å². The summed E-state index contributed by atoms with van der Waals surface area (Å²) in [5.41, 5.74) is 0.975. The molecular formula is C8H16N2O. The summed E-state index contributed by atoms with van der Waals surface area (Å²) >= 11 is 0. The fourth-order valence-electron chi connectivity index (χ4n) is 1.16. The van der Waals surface area contributed by atoms with Gasteiger partial charge in [0.25, 0.3) is 0 Å². The molecule has 3 heteroatoms. The molecule has 1 atom stereocenters. The zero-order valence-electron chi connectivity index (χ0n) is 7.26. The van der Waals surface area contributed by atoms with E-state index in [-0.39, 0.29) is 0 Å². The number of hydrogen-bond acceptors (Lipinski definition) is 3. The summed E-state index contributed by atoms with van der Waals surface area (Å²) in [6, 6.07) is 0.526. The Morgan fingerprint density at radius 3 is 3.00 bits per heavy atom. The Morgan fingerprint density at radius 2 is 2.45 bits per heavy atom. The molecule has 11 heavy (non-hydrogen) atoms. The van der Waals surface area contributed by atoms with Crippen molar-refractivity contribution in [2.75, 3.05) is 13.2 Å². The maximum atomic E-state index is 5.10. The van der Waals surface area contributed by atoms with Gasteiger partial charge in [0.1, 0.15) is 6.61 Å². The molecule has 0 aliphatic carbocycles. The molecular weight excluding hydrogens is 140 g/mol. The van der Waals surface area contributed by atoms with E-state index in [1.165, 1.54) is 12.8 Å². The summed E-state index contributed by atoms with van der Waals surface area (Å²) in [4.78, 5) is 5.10. The van der Waals surface area contributed by atoms with Crippen LogP contribution in [-0.4, -0.2) is 24.9 Å². The summed E-state index contributed by atoms with van der Waals surface area (Å²) in [5.74, 6) is 0. The van der Waals surface area contributed by atoms with Crippen LogP contribution in [0.3, 0.4) is 0 Å². The van der Waals surface area contributed by atoms with Gasteiger partial charge in [-0.25, -0.2) is 0 Å². The molecule has 0 aromatic rings. The zero-order valence-corrected chi connectivity index (χ0v) is 7.26. The standard InChI is InChI=1S/C8H16N2O/c1-7(2)10-11-6-8-4-3-5-9-8/h8-9H,3-6H2,1-2H3/t8-/m1/s1. The Balaban J connectivity index is 2.07. The van der Waals surface area contributed by atoms with E-state index < -0.39 is 0 Å². The first kappa shape index (κ1) is 8.53. The van der Waals surface area contributed by atoms with Gasteiger partial charge in [0.15, 0.2) is 0 Å². The number of oxime groups is 1. The lowest BCUT2D eigenvalue weighted by atomic mass is 10.2. The quantitative estimate of drug-likeness (QED) is 0.491. The van der Waals surface area contributed by atoms with Gasteiger partial charge in [-0.15, -0.1) is 0 Å². The number of nitrogens with zero attached hydrogens (tertiary/aromatic N) is 1. The van der Waals surface area contributed by atoms with Gasteiger partial charge in [0, 0.05) is 6.04 Å². The van der Waals surface area contributed by atoms with E-state index in [9.17, 15) is 0 Å². The van der Waals surface area contributed by atoms with Crippen LogP contribution in [0.15, 0.2) is 5.16 Å². The average molecular weight is 156 g/mol. The highest BCUT2D eigenvalue weighted by atomic mass is 16.6. The molecule has 1 N–H and O–H groups in total. The number of rotatable bonds is 3. The SMILES string of the molecule is CC(C)=NOC[C@H]1CCCN1. The van der Waals surface area contributed by atoms with Crippen LogP contribution < -0.4 is 5.32 Å². The highest BCUT2D eigenvalue weighted by Gasteiger charge is 2.13. The minimum Gasteiger partial charge on any atom is -0.394 e. The second kappa shape index (κ2) is 4.34. The third-order valence-corrected chi connectivity index (χ3v) is 1.69. The first-order valence-corrected chi connectivity index (χ1v) is 4.15. The van der Waals surface area contributed by atoms with Gasteiger partial charge in [-0.1, -0.05) is 5.16 Å². The van der Waals surface area contributed by atoms with Gasteiger partial charge in [-0.05, 0) is 33.2 Å². The van der Waals surface area contributed by atoms with Crippen molar-refractivity contribution < 1.29 is 4.84 Å². The molecule has 0 saturated carbocycles. The Bertz CT molecular complexity index is 135. The fraction of sp³-hybridized carbons (Fsp3) is 0.875. The molecule has 0 unspecified atom stereocenters. The largest absolute Gasteiger partial charge is 0.394 e. The lowest BCUT2D eigenvalue weighted by molar-refractivity contribution is 0.124. The van der Waals surface area contributed by atoms with Crippen molar-refractivity contribution in [2.45, 2.75) is 32.7 Å². The van der Waals surface area contributed by atoms with Crippen LogP contribution >= 0.6 is 0 Å². The molecule has 3 nitrogen and oxygen atoms in total. The van der Waals surface area contributed by atoms with Crippen LogP contribution in [0.5, 0.6) is 0 Å². The second-order valence-electron chi connectivity index (χ2n) is 3.13. The number of hydrogen-bond donors (Lipinski definition) is 1. The summed E-state index contributed by atoms with van der Waals surface area (Å²) in [6.45, 7) is 5.71. The van der Waals surface area contributed by atoms with Crippen LogP contribution in [0.2, 0.25) is 0 Å². The zero-order chi connectivity index (χ0) is 8.10. The van der Waals surface area contributed by atoms with E-state index in [2.05, 4.69) is 10.5 Å². The van der Waals surface area contributed by atoms with E-state index in [1.54, 1.807) is 0 Å². The summed E-state index contributed by atoms with van der Waals surface area (Å²) in [6.07, 6.45) is 2.49. The van der Waals surface area contributed by atoms with E-state index in [4.69, 9.17) is 4.84 Å². The molecule has 64 valence electrons. The monoisotopic (exact) mass is 156 g/mol. The molecule has 0 radical (unpaired) electrons. The van der Waals surface area contributed by atoms with Gasteiger partial charge < -0.3 is 10.2 Å². The van der Waals surface area contributed by atoms with Crippen molar-refractivity contribution in [1.29, 1.82) is 0 Å². The van der Waals surface area contributed by atoms with E-state index in [0.717, 1.165) is 12.3 Å². The fourth-order valence-corrected chi connectivity index (χ4v) is 1.16. The average Bonchev–Trinajstić information content (AvgIpc) is 2.39. The molecule has 0 aromatic heterocycles. The molecule has 0 amide bonds. The van der Waals surface area contributed by atoms with Gasteiger partial charge in [-0.2, -0.15) is 0 Å². The Kier molecular flexibility index (Phi) is 3.36. The lowest BCUT2D eigenvalue weighted by Crippen LogP contribution is -2.25. The normalized spacial score (nSPS) is 23.3. The van der Waals surface area contributed by atoms with Crippen molar-refractivity contribution in [3.63, 3.8) is 0 Å². The molecule has 1 aliphatic rings. The highest BCUT2D eigenvalue weighted by Crippen LogP contribution is 2.04. The van der Waals surface area contributed by atoms with E-state index in [1.807, 2.05) is 13.8 Å². The lowest BCUT2D eigenvalue weighted by Gasteiger charge is -2.07. The molecule has 0 spiro atoms. The maximum Gasteiger partial charge on any atom is 0.132 e. The summed E-state index contributed by atoms with van der Waals surface area (Å²) in [5, 5.41) is 7.20. The van der Waals surface area contributed by atoms with Crippen molar-refractivity contribution in [2.24, 2.45) is 5.16 Å². The maximum absolute atomic E-state index is 5.10. The smallest absolute Gasteiger partial charge is 0.132 e. The molecule has 1 heterocycles. The van der Waals surface area contributed by atoms with Crippen LogP contribution in [-0.2, 0) is 4.84 Å². The predicted molar refractivity (Wildman–Crippen MR) is 45.8 cm³/mol. The van der Waals surface area contributed by atoms with Crippen molar-refractivity contribution in [3.05, 3.63) is 0 Å². The third kappa shape index (κ3) is 3.37. The predicted octanol–water partition coefficient (Wildman–Crippen LogP) is 1.15. The Hall–Kier alpha value is -0.570. The third-order valence-electron chi connectivity index (χ3n) is 1.69. The molecule has 1 fully saturated rings. The topological polar surface area (TPSA) is 33.6 Å². The van der Waals surface area contributed by atoms with E-state index >= 15 is 0 Å². The minimum atomic E-state index is 0.526. The summed E-state index contributed by atoms with van der Waals surface area (Å²) < 4.78 is 0. The van der Waals surface area contributed by atoms with Crippen molar-refractivity contribution in [1.82, 2.24) is 5.32 Å². The van der Waals surface area contributed by atoms with Crippen LogP contribution in [0.1, 0.15) is 26.7 Å². The van der Waals surface area contributed by atoms with Gasteiger partial charge in [-0.3, -0.25) is 0 Å². The van der Waals surface area contributed by atoms with Crippen LogP contribution in [0.25, 0.3) is 0 Å². The molecule has 1 aliphatic heterocycles. The first-order chi connectivity index (χ1) is 5.29. The van der Waals surface area contributed by atoms with Gasteiger partial charge in [0.2, 0.25) is 0 Å². The second-order valence-corrected chi connectivity index (χ2v) is 3.13. The Labute approximate surface area is 67.8 Å². The molecule has 0 bridgehead atoms. The molecule has 1 rings (SSSR count). The molecule has 0 aromatic carbocycles. The first-order valence-electron chi connectivity index (χ1n) is 4.15. The minimum absolute atomic E-state index is 0.526. The van der Waals surface area contributed by atoms with Crippen molar-refractivity contribution in [3.8, 4) is 0 Å². The summed E-state index contributed by atoms with van der Waals surface area (Å²) in [7, 11) is 0. The van der Waals surface area contributed by atoms with E-state index in [0.29, 0.717) is 12.6 Å². The highest BCUT2D eigenvalue weighted by molar-refractivity contribution is 5.78. The van der Waals surface area contributed by atoms with Crippen LogP contribution in [0, 0.1) is 0 Å². The Morgan fingerprint density at radius 1 is 1.64 bits per heavy atom. The van der Waals surface area contributed by atoms with Gasteiger partial charge >= 0.3 is 0 Å².